The molecule has 4 N–H and O–H groups in total. The Hall–Kier alpha value is -7.32. The standard InChI is InChI=1S/C55H52N8/c1-36(2)32-58-54-60-49(30-51(62-54)56-33-41-23-12-20-37-15-6-9-26-44(37)41)47-29-48(53(47)40-18-4-3-5-19-40)50-31-52(57-34-42-24-13-21-38-16-7-10-27-45(38)42)63-55(61-50)59-35-43-25-14-22-39-17-8-11-28-46(39)43/h3-28,30-31,36,47-48,53H,29,32-35H2,1-2H3,(H2,56,58,60,62)(H2,57,59,61,63)/t47-,48-,53-/m1/s1. The molecule has 0 saturated heterocycles. The van der Waals surface area contributed by atoms with Gasteiger partial charge in [-0.25, -0.2) is 9.97 Å². The summed E-state index contributed by atoms with van der Waals surface area (Å²) in [6.45, 7) is 7.09. The fourth-order valence-electron chi connectivity index (χ4n) is 9.23. The van der Waals surface area contributed by atoms with E-state index in [1.807, 2.05) is 0 Å². The quantitative estimate of drug-likeness (QED) is 0.0811. The number of aromatic nitrogens is 4. The maximum atomic E-state index is 5.31. The van der Waals surface area contributed by atoms with Gasteiger partial charge in [0.25, 0.3) is 0 Å². The zero-order chi connectivity index (χ0) is 42.5. The molecule has 7 aromatic carbocycles. The minimum absolute atomic E-state index is 0.130. The second kappa shape index (κ2) is 18.0. The van der Waals surface area contributed by atoms with E-state index in [2.05, 4.69) is 205 Å². The van der Waals surface area contributed by atoms with Crippen LogP contribution < -0.4 is 21.3 Å². The zero-order valence-corrected chi connectivity index (χ0v) is 35.8. The van der Waals surface area contributed by atoms with Crippen LogP contribution in [0, 0.1) is 5.92 Å². The summed E-state index contributed by atoms with van der Waals surface area (Å²) in [4.78, 5) is 20.6. The van der Waals surface area contributed by atoms with Gasteiger partial charge in [0.05, 0.1) is 11.4 Å². The second-order valence-electron chi connectivity index (χ2n) is 17.1. The van der Waals surface area contributed by atoms with E-state index in [0.717, 1.165) is 36.0 Å². The molecule has 1 saturated carbocycles. The lowest BCUT2D eigenvalue weighted by Gasteiger charge is -2.45. The molecule has 0 aliphatic heterocycles. The van der Waals surface area contributed by atoms with E-state index in [-0.39, 0.29) is 17.8 Å². The molecule has 8 heteroatoms. The van der Waals surface area contributed by atoms with E-state index in [4.69, 9.17) is 19.9 Å². The second-order valence-corrected chi connectivity index (χ2v) is 17.1. The molecule has 8 nitrogen and oxygen atoms in total. The van der Waals surface area contributed by atoms with Crippen molar-refractivity contribution in [3.63, 3.8) is 0 Å². The van der Waals surface area contributed by atoms with Crippen LogP contribution in [0.1, 0.15) is 71.7 Å². The first kappa shape index (κ1) is 39.8. The number of nitrogens with one attached hydrogen (secondary N) is 4. The first-order valence-corrected chi connectivity index (χ1v) is 22.2. The third kappa shape index (κ3) is 8.75. The van der Waals surface area contributed by atoms with Crippen molar-refractivity contribution in [2.45, 2.75) is 57.7 Å². The summed E-state index contributed by atoms with van der Waals surface area (Å²) < 4.78 is 0. The largest absolute Gasteiger partial charge is 0.366 e. The maximum Gasteiger partial charge on any atom is 0.225 e. The molecule has 63 heavy (non-hydrogen) atoms. The van der Waals surface area contributed by atoms with Crippen LogP contribution in [-0.2, 0) is 19.6 Å². The summed E-state index contributed by atoms with van der Waals surface area (Å²) in [7, 11) is 0. The lowest BCUT2D eigenvalue weighted by molar-refractivity contribution is 0.275. The number of nitrogens with zero attached hydrogens (tertiary/aromatic N) is 4. The summed E-state index contributed by atoms with van der Waals surface area (Å²) in [6.07, 6.45) is 0.880. The molecule has 1 aliphatic carbocycles. The highest BCUT2D eigenvalue weighted by Gasteiger charge is 2.45. The highest BCUT2D eigenvalue weighted by Crippen LogP contribution is 2.58. The molecule has 0 amide bonds. The van der Waals surface area contributed by atoms with Gasteiger partial charge >= 0.3 is 0 Å². The fourth-order valence-corrected chi connectivity index (χ4v) is 9.23. The molecule has 0 spiro atoms. The van der Waals surface area contributed by atoms with E-state index in [1.165, 1.54) is 54.6 Å². The van der Waals surface area contributed by atoms with Crippen LogP contribution in [0.15, 0.2) is 170 Å². The van der Waals surface area contributed by atoms with Gasteiger partial charge in [0.15, 0.2) is 0 Å². The van der Waals surface area contributed by atoms with Crippen LogP contribution in [0.25, 0.3) is 32.3 Å². The molecule has 3 atom stereocenters. The molecule has 2 aromatic heterocycles. The molecule has 0 bridgehead atoms. The number of rotatable bonds is 15. The van der Waals surface area contributed by atoms with Gasteiger partial charge in [0.1, 0.15) is 11.6 Å². The van der Waals surface area contributed by atoms with Crippen molar-refractivity contribution < 1.29 is 0 Å². The minimum atomic E-state index is 0.130. The molecular weight excluding hydrogens is 773 g/mol. The van der Waals surface area contributed by atoms with Crippen molar-refractivity contribution in [1.82, 2.24) is 19.9 Å². The van der Waals surface area contributed by atoms with E-state index in [9.17, 15) is 0 Å². The van der Waals surface area contributed by atoms with Gasteiger partial charge in [0.2, 0.25) is 11.9 Å². The Morgan fingerprint density at radius 3 is 1.33 bits per heavy atom. The molecule has 1 fully saturated rings. The van der Waals surface area contributed by atoms with Crippen LogP contribution in [0.2, 0.25) is 0 Å². The fraction of sp³-hybridized carbons (Fsp3) is 0.200. The van der Waals surface area contributed by atoms with Crippen molar-refractivity contribution in [2.75, 3.05) is 27.8 Å². The summed E-state index contributed by atoms with van der Waals surface area (Å²) in [5.41, 5.74) is 6.97. The van der Waals surface area contributed by atoms with Gasteiger partial charge in [-0.3, -0.25) is 0 Å². The van der Waals surface area contributed by atoms with Crippen molar-refractivity contribution in [2.24, 2.45) is 5.92 Å². The summed E-state index contributed by atoms with van der Waals surface area (Å²) in [5.74, 6) is 3.73. The number of fused-ring (bicyclic) bond motifs is 3. The van der Waals surface area contributed by atoms with Crippen LogP contribution >= 0.6 is 0 Å². The molecule has 10 rings (SSSR count). The van der Waals surface area contributed by atoms with Gasteiger partial charge in [-0.05, 0) is 66.9 Å². The zero-order valence-electron chi connectivity index (χ0n) is 35.8. The monoisotopic (exact) mass is 824 g/mol. The van der Waals surface area contributed by atoms with Crippen LogP contribution in [-0.4, -0.2) is 26.5 Å². The topological polar surface area (TPSA) is 99.7 Å². The highest BCUT2D eigenvalue weighted by atomic mass is 15.2. The Balaban J connectivity index is 0.987. The predicted molar refractivity (Wildman–Crippen MR) is 260 cm³/mol. The summed E-state index contributed by atoms with van der Waals surface area (Å²) >= 11 is 0. The van der Waals surface area contributed by atoms with E-state index >= 15 is 0 Å². The molecular formula is C55H52N8. The first-order chi connectivity index (χ1) is 31.0. The van der Waals surface area contributed by atoms with E-state index in [0.29, 0.717) is 37.4 Å². The Morgan fingerprint density at radius 1 is 0.444 bits per heavy atom. The number of benzene rings is 7. The van der Waals surface area contributed by atoms with Crippen molar-refractivity contribution in [1.29, 1.82) is 0 Å². The predicted octanol–water partition coefficient (Wildman–Crippen LogP) is 12.7. The number of hydrogen-bond acceptors (Lipinski definition) is 8. The van der Waals surface area contributed by atoms with Crippen molar-refractivity contribution in [3.05, 3.63) is 203 Å². The average molecular weight is 825 g/mol. The van der Waals surface area contributed by atoms with Gasteiger partial charge in [-0.2, -0.15) is 9.97 Å². The minimum Gasteiger partial charge on any atom is -0.366 e. The normalized spacial score (nSPS) is 16.0. The van der Waals surface area contributed by atoms with Crippen molar-refractivity contribution in [3.8, 4) is 0 Å². The average Bonchev–Trinajstić information content (AvgIpc) is 3.31. The molecule has 2 heterocycles. The Kier molecular flexibility index (Phi) is 11.3. The third-order valence-corrected chi connectivity index (χ3v) is 12.5. The summed E-state index contributed by atoms with van der Waals surface area (Å²) in [5, 5.41) is 22.0. The number of anilines is 4. The third-order valence-electron chi connectivity index (χ3n) is 12.5. The van der Waals surface area contributed by atoms with Crippen LogP contribution in [0.4, 0.5) is 23.5 Å². The highest BCUT2D eigenvalue weighted by molar-refractivity contribution is 5.87. The Bertz CT molecular complexity index is 2900. The maximum absolute atomic E-state index is 5.31. The Labute approximate surface area is 369 Å². The molecule has 0 radical (unpaired) electrons. The smallest absolute Gasteiger partial charge is 0.225 e. The van der Waals surface area contributed by atoms with E-state index in [1.54, 1.807) is 0 Å². The Morgan fingerprint density at radius 2 is 0.857 bits per heavy atom. The van der Waals surface area contributed by atoms with Gasteiger partial charge in [0, 0.05) is 56.1 Å². The molecule has 312 valence electrons. The van der Waals surface area contributed by atoms with Gasteiger partial charge in [-0.15, -0.1) is 0 Å². The molecule has 1 aliphatic rings. The first-order valence-electron chi connectivity index (χ1n) is 22.2. The van der Waals surface area contributed by atoms with Crippen molar-refractivity contribution >= 4 is 55.8 Å². The SMILES string of the molecule is CC(C)CNc1nc(NCc2cccc3ccccc23)cc([C@H]2C[C@H](c3cc(NCc4cccc5ccccc45)nc(NCc4cccc5ccccc45)n3)[C@@H]2c2ccccc2)n1. The van der Waals surface area contributed by atoms with Gasteiger partial charge < -0.3 is 21.3 Å². The number of hydrogen-bond donors (Lipinski definition) is 4. The van der Waals surface area contributed by atoms with Crippen LogP contribution in [0.3, 0.4) is 0 Å². The molecule has 0 unspecified atom stereocenters. The van der Waals surface area contributed by atoms with E-state index < -0.39 is 0 Å². The lowest BCUT2D eigenvalue weighted by atomic mass is 9.59. The van der Waals surface area contributed by atoms with Crippen LogP contribution in [0.5, 0.6) is 0 Å². The van der Waals surface area contributed by atoms with Gasteiger partial charge in [-0.1, -0.05) is 172 Å². The summed E-state index contributed by atoms with van der Waals surface area (Å²) in [6, 6.07) is 60.3. The molecule has 9 aromatic rings. The lowest BCUT2D eigenvalue weighted by Crippen LogP contribution is -2.33.